The molecule has 0 spiro atoms. The maximum Gasteiger partial charge on any atom is 0.124 e. The summed E-state index contributed by atoms with van der Waals surface area (Å²) in [5, 5.41) is 56.9. The van der Waals surface area contributed by atoms with Gasteiger partial charge in [0.1, 0.15) is 36.6 Å². The summed E-state index contributed by atoms with van der Waals surface area (Å²) in [6.45, 7) is 0. The van der Waals surface area contributed by atoms with Gasteiger partial charge in [-0.2, -0.15) is 0 Å². The van der Waals surface area contributed by atoms with Gasteiger partial charge in [0, 0.05) is 37.2 Å². The van der Waals surface area contributed by atoms with Crippen molar-refractivity contribution >= 4 is 17.1 Å². The van der Waals surface area contributed by atoms with Crippen molar-refractivity contribution in [2.75, 3.05) is 0 Å². The van der Waals surface area contributed by atoms with Gasteiger partial charge in [-0.25, -0.2) is 0 Å². The van der Waals surface area contributed by atoms with Gasteiger partial charge < -0.3 is 44.3 Å². The fourth-order valence-corrected chi connectivity index (χ4v) is 4.18. The summed E-state index contributed by atoms with van der Waals surface area (Å²) in [6.07, 6.45) is 21.4. The summed E-state index contributed by atoms with van der Waals surface area (Å²) in [5.41, 5.74) is 2.08. The number of nitrogens with zero attached hydrogens (tertiary/aromatic N) is 3. The van der Waals surface area contributed by atoms with Gasteiger partial charge in [0.05, 0.1) is 17.1 Å². The summed E-state index contributed by atoms with van der Waals surface area (Å²) < 4.78 is 5.37. The molecule has 0 radical (unpaired) electrons. The quantitative estimate of drug-likeness (QED) is 0.305. The van der Waals surface area contributed by atoms with Crippen molar-refractivity contribution in [2.24, 2.45) is 0 Å². The van der Waals surface area contributed by atoms with E-state index in [4.69, 9.17) is 0 Å². The summed E-state index contributed by atoms with van der Waals surface area (Å²) in [5.74, 6) is 0. The maximum absolute atomic E-state index is 9.62. The zero-order valence-electron chi connectivity index (χ0n) is 21.1. The molecule has 9 nitrogen and oxygen atoms in total. The number of aliphatic hydroxyl groups is 6. The molecule has 0 saturated heterocycles. The van der Waals surface area contributed by atoms with Crippen LogP contribution < -0.4 is 0 Å². The van der Waals surface area contributed by atoms with Gasteiger partial charge >= 0.3 is 0 Å². The highest BCUT2D eigenvalue weighted by molar-refractivity contribution is 5.57. The standard InChI is InChI=1S/3C10H11NO2/c3*12-9-5-3-4-8(10(9)13)11-6-1-2-7-11/h3*1-7,9-10,12-13H/t3*9-,10+/m000/s1. The molecule has 0 amide bonds. The Morgan fingerprint density at radius 2 is 0.615 bits per heavy atom. The fraction of sp³-hybridized carbons (Fsp3) is 0.200. The van der Waals surface area contributed by atoms with Gasteiger partial charge in [0.15, 0.2) is 0 Å². The Bertz CT molecular complexity index is 1180. The Morgan fingerprint density at radius 3 is 0.846 bits per heavy atom. The largest absolute Gasteiger partial charge is 0.386 e. The molecule has 3 aromatic heterocycles. The summed E-state index contributed by atoms with van der Waals surface area (Å²) >= 11 is 0. The van der Waals surface area contributed by atoms with E-state index in [9.17, 15) is 30.6 Å². The van der Waals surface area contributed by atoms with E-state index in [1.54, 1.807) is 68.4 Å². The number of hydrogen-bond acceptors (Lipinski definition) is 6. The van der Waals surface area contributed by atoms with Gasteiger partial charge in [0.2, 0.25) is 0 Å². The number of allylic oxidation sites excluding steroid dienone is 6. The molecular formula is C30H33N3O6. The minimum absolute atomic E-state index is 0.694. The SMILES string of the molecule is O[C@@H]1C(n2cccc2)=CC=C[C@@H]1O.O[C@@H]1C(n2cccc2)=CC=C[C@@H]1O.O[C@@H]1C(n2cccc2)=CC=C[C@@H]1O. The predicted molar refractivity (Wildman–Crippen MR) is 150 cm³/mol. The lowest BCUT2D eigenvalue weighted by atomic mass is 10.1. The lowest BCUT2D eigenvalue weighted by Crippen LogP contribution is -2.29. The van der Waals surface area contributed by atoms with Crippen LogP contribution in [0.4, 0.5) is 0 Å². The molecule has 6 N–H and O–H groups in total. The van der Waals surface area contributed by atoms with Crippen LogP contribution in [-0.2, 0) is 0 Å². The van der Waals surface area contributed by atoms with E-state index in [0.717, 1.165) is 0 Å². The Balaban J connectivity index is 0.000000136. The van der Waals surface area contributed by atoms with E-state index in [2.05, 4.69) is 0 Å². The summed E-state index contributed by atoms with van der Waals surface area (Å²) in [6, 6.07) is 11.2. The second-order valence-corrected chi connectivity index (χ2v) is 9.01. The molecule has 204 valence electrons. The number of aliphatic hydroxyl groups excluding tert-OH is 6. The molecule has 0 fully saturated rings. The van der Waals surface area contributed by atoms with Crippen LogP contribution in [0.2, 0.25) is 0 Å². The van der Waals surface area contributed by atoms with E-state index in [1.165, 1.54) is 0 Å². The molecular weight excluding hydrogens is 498 g/mol. The fourth-order valence-electron chi connectivity index (χ4n) is 4.18. The Kier molecular flexibility index (Phi) is 9.50. The second kappa shape index (κ2) is 13.2. The monoisotopic (exact) mass is 531 g/mol. The molecule has 9 heteroatoms. The molecule has 3 aromatic rings. The van der Waals surface area contributed by atoms with Crippen molar-refractivity contribution in [1.29, 1.82) is 0 Å². The van der Waals surface area contributed by atoms with Crippen LogP contribution in [0.3, 0.4) is 0 Å². The van der Waals surface area contributed by atoms with Gasteiger partial charge in [0.25, 0.3) is 0 Å². The normalized spacial score (nSPS) is 27.4. The van der Waals surface area contributed by atoms with Crippen molar-refractivity contribution in [1.82, 2.24) is 13.7 Å². The first kappa shape index (κ1) is 28.1. The predicted octanol–water partition coefficient (Wildman–Crippen LogP) is 1.86. The van der Waals surface area contributed by atoms with Crippen LogP contribution in [0, 0.1) is 0 Å². The maximum atomic E-state index is 9.62. The zero-order valence-corrected chi connectivity index (χ0v) is 21.1. The van der Waals surface area contributed by atoms with Crippen molar-refractivity contribution in [2.45, 2.75) is 36.6 Å². The molecule has 0 saturated carbocycles. The lowest BCUT2D eigenvalue weighted by Gasteiger charge is -2.21. The van der Waals surface area contributed by atoms with Crippen LogP contribution >= 0.6 is 0 Å². The first-order chi connectivity index (χ1) is 18.9. The van der Waals surface area contributed by atoms with Gasteiger partial charge in [-0.05, 0) is 54.6 Å². The minimum Gasteiger partial charge on any atom is -0.386 e. The average molecular weight is 532 g/mol. The molecule has 0 bridgehead atoms. The van der Waals surface area contributed by atoms with Gasteiger partial charge in [-0.1, -0.05) is 36.5 Å². The molecule has 0 aliphatic heterocycles. The molecule has 3 heterocycles. The van der Waals surface area contributed by atoms with E-state index < -0.39 is 36.6 Å². The molecule has 3 aliphatic rings. The molecule has 0 unspecified atom stereocenters. The lowest BCUT2D eigenvalue weighted by molar-refractivity contribution is 0.0825. The van der Waals surface area contributed by atoms with E-state index in [0.29, 0.717) is 17.1 Å². The second-order valence-electron chi connectivity index (χ2n) is 9.01. The van der Waals surface area contributed by atoms with E-state index in [-0.39, 0.29) is 0 Å². The average Bonchev–Trinajstić information content (AvgIpc) is 3.74. The molecule has 0 aromatic carbocycles. The molecule has 6 rings (SSSR count). The van der Waals surface area contributed by atoms with E-state index in [1.807, 2.05) is 73.6 Å². The number of hydrogen-bond donors (Lipinski definition) is 6. The van der Waals surface area contributed by atoms with Crippen molar-refractivity contribution in [3.05, 3.63) is 128 Å². The highest BCUT2D eigenvalue weighted by Gasteiger charge is 2.23. The van der Waals surface area contributed by atoms with Crippen LogP contribution in [0.25, 0.3) is 17.1 Å². The summed E-state index contributed by atoms with van der Waals surface area (Å²) in [7, 11) is 0. The van der Waals surface area contributed by atoms with Crippen LogP contribution in [0.15, 0.2) is 128 Å². The highest BCUT2D eigenvalue weighted by atomic mass is 16.3. The minimum atomic E-state index is -0.836. The number of aromatic nitrogens is 3. The van der Waals surface area contributed by atoms with Crippen molar-refractivity contribution in [3.8, 4) is 0 Å². The first-order valence-electron chi connectivity index (χ1n) is 12.5. The van der Waals surface area contributed by atoms with Crippen LogP contribution in [0.1, 0.15) is 0 Å². The Hall–Kier alpha value is -3.96. The first-order valence-corrected chi connectivity index (χ1v) is 12.5. The van der Waals surface area contributed by atoms with Crippen molar-refractivity contribution < 1.29 is 30.6 Å². The third kappa shape index (κ3) is 6.92. The third-order valence-electron chi connectivity index (χ3n) is 6.31. The van der Waals surface area contributed by atoms with Crippen LogP contribution in [-0.4, -0.2) is 81.0 Å². The topological polar surface area (TPSA) is 136 Å². The van der Waals surface area contributed by atoms with Gasteiger partial charge in [-0.3, -0.25) is 0 Å². The third-order valence-corrected chi connectivity index (χ3v) is 6.31. The Morgan fingerprint density at radius 1 is 0.385 bits per heavy atom. The smallest absolute Gasteiger partial charge is 0.124 e. The highest BCUT2D eigenvalue weighted by Crippen LogP contribution is 2.20. The molecule has 3 aliphatic carbocycles. The Labute approximate surface area is 226 Å². The molecule has 39 heavy (non-hydrogen) atoms. The zero-order chi connectivity index (χ0) is 27.8. The summed E-state index contributed by atoms with van der Waals surface area (Å²) in [4.78, 5) is 0. The molecule has 6 atom stereocenters. The van der Waals surface area contributed by atoms with Gasteiger partial charge in [-0.15, -0.1) is 0 Å². The number of rotatable bonds is 3. The van der Waals surface area contributed by atoms with Crippen molar-refractivity contribution in [3.63, 3.8) is 0 Å². The van der Waals surface area contributed by atoms with Crippen LogP contribution in [0.5, 0.6) is 0 Å². The van der Waals surface area contributed by atoms with E-state index >= 15 is 0 Å².